The standard InChI is InChI=1S/C12H16ClNO2/c1-8-10(15-2)7-9(5-4-6-14)12(16-3)11(8)13/h4-5,7H,6,14H2,1-3H3/b5-4+. The summed E-state index contributed by atoms with van der Waals surface area (Å²) in [7, 11) is 3.20. The molecule has 0 aliphatic carbocycles. The summed E-state index contributed by atoms with van der Waals surface area (Å²) < 4.78 is 10.5. The molecule has 0 amide bonds. The zero-order chi connectivity index (χ0) is 12.1. The molecule has 0 spiro atoms. The Kier molecular flexibility index (Phi) is 4.65. The second kappa shape index (κ2) is 5.77. The quantitative estimate of drug-likeness (QED) is 0.882. The number of hydrogen-bond acceptors (Lipinski definition) is 3. The third-order valence-corrected chi connectivity index (χ3v) is 2.76. The van der Waals surface area contributed by atoms with Crippen molar-refractivity contribution >= 4 is 17.7 Å². The van der Waals surface area contributed by atoms with Crippen molar-refractivity contribution in [2.45, 2.75) is 6.92 Å². The second-order valence-electron chi connectivity index (χ2n) is 3.28. The van der Waals surface area contributed by atoms with Crippen LogP contribution in [-0.4, -0.2) is 20.8 Å². The van der Waals surface area contributed by atoms with E-state index >= 15 is 0 Å². The van der Waals surface area contributed by atoms with Gasteiger partial charge in [-0.1, -0.05) is 23.8 Å². The summed E-state index contributed by atoms with van der Waals surface area (Å²) >= 11 is 6.19. The maximum Gasteiger partial charge on any atom is 0.145 e. The van der Waals surface area contributed by atoms with E-state index in [2.05, 4.69) is 0 Å². The van der Waals surface area contributed by atoms with Gasteiger partial charge >= 0.3 is 0 Å². The van der Waals surface area contributed by atoms with Crippen molar-refractivity contribution in [3.63, 3.8) is 0 Å². The SMILES string of the molecule is COc1cc(/C=C/CN)c(OC)c(Cl)c1C. The second-order valence-corrected chi connectivity index (χ2v) is 3.66. The first-order valence-corrected chi connectivity index (χ1v) is 5.31. The highest BCUT2D eigenvalue weighted by Gasteiger charge is 2.13. The highest BCUT2D eigenvalue weighted by molar-refractivity contribution is 6.33. The number of ether oxygens (including phenoxy) is 2. The van der Waals surface area contributed by atoms with Crippen LogP contribution < -0.4 is 15.2 Å². The van der Waals surface area contributed by atoms with E-state index in [0.29, 0.717) is 17.3 Å². The van der Waals surface area contributed by atoms with E-state index in [0.717, 1.165) is 16.9 Å². The van der Waals surface area contributed by atoms with E-state index in [1.54, 1.807) is 14.2 Å². The summed E-state index contributed by atoms with van der Waals surface area (Å²) in [6, 6.07) is 1.88. The Labute approximate surface area is 101 Å². The van der Waals surface area contributed by atoms with Gasteiger partial charge in [0, 0.05) is 17.7 Å². The highest BCUT2D eigenvalue weighted by atomic mass is 35.5. The van der Waals surface area contributed by atoms with Crippen LogP contribution in [0.3, 0.4) is 0 Å². The lowest BCUT2D eigenvalue weighted by Crippen LogP contribution is -1.96. The van der Waals surface area contributed by atoms with Gasteiger partial charge in [-0.25, -0.2) is 0 Å². The number of halogens is 1. The summed E-state index contributed by atoms with van der Waals surface area (Å²) in [6.45, 7) is 2.36. The van der Waals surface area contributed by atoms with Gasteiger partial charge in [-0.2, -0.15) is 0 Å². The van der Waals surface area contributed by atoms with Gasteiger partial charge in [0.25, 0.3) is 0 Å². The molecule has 1 aromatic carbocycles. The summed E-state index contributed by atoms with van der Waals surface area (Å²) in [5.41, 5.74) is 7.14. The van der Waals surface area contributed by atoms with Gasteiger partial charge in [0.1, 0.15) is 11.5 Å². The minimum Gasteiger partial charge on any atom is -0.496 e. The van der Waals surface area contributed by atoms with Crippen molar-refractivity contribution in [1.82, 2.24) is 0 Å². The van der Waals surface area contributed by atoms with Crippen LogP contribution in [0.15, 0.2) is 12.1 Å². The predicted octanol–water partition coefficient (Wildman–Crippen LogP) is 2.64. The molecule has 3 nitrogen and oxygen atoms in total. The Morgan fingerprint density at radius 3 is 2.56 bits per heavy atom. The number of hydrogen-bond donors (Lipinski definition) is 1. The summed E-state index contributed by atoms with van der Waals surface area (Å²) in [5.74, 6) is 1.38. The van der Waals surface area contributed by atoms with Crippen molar-refractivity contribution in [3.8, 4) is 11.5 Å². The third-order valence-electron chi connectivity index (χ3n) is 2.30. The Bertz CT molecular complexity index is 402. The largest absolute Gasteiger partial charge is 0.496 e. The monoisotopic (exact) mass is 241 g/mol. The highest BCUT2D eigenvalue weighted by Crippen LogP contribution is 2.38. The zero-order valence-electron chi connectivity index (χ0n) is 9.71. The Hall–Kier alpha value is -1.19. The molecule has 0 bridgehead atoms. The zero-order valence-corrected chi connectivity index (χ0v) is 10.5. The Balaban J connectivity index is 3.35. The van der Waals surface area contributed by atoms with Crippen molar-refractivity contribution in [2.75, 3.05) is 20.8 Å². The number of nitrogens with two attached hydrogens (primary N) is 1. The van der Waals surface area contributed by atoms with Gasteiger partial charge in [0.05, 0.1) is 19.2 Å². The van der Waals surface area contributed by atoms with Gasteiger partial charge in [-0.3, -0.25) is 0 Å². The molecule has 0 heterocycles. The molecule has 0 aromatic heterocycles. The fourth-order valence-electron chi connectivity index (χ4n) is 1.46. The van der Waals surface area contributed by atoms with E-state index in [9.17, 15) is 0 Å². The molecule has 0 atom stereocenters. The number of methoxy groups -OCH3 is 2. The first-order valence-electron chi connectivity index (χ1n) is 4.93. The topological polar surface area (TPSA) is 44.5 Å². The summed E-state index contributed by atoms with van der Waals surface area (Å²) in [5, 5.41) is 0.568. The van der Waals surface area contributed by atoms with Gasteiger partial charge in [0.15, 0.2) is 0 Å². The molecule has 4 heteroatoms. The van der Waals surface area contributed by atoms with Crippen LogP contribution in [0, 0.1) is 6.92 Å². The molecule has 1 rings (SSSR count). The lowest BCUT2D eigenvalue weighted by atomic mass is 10.1. The molecule has 2 N–H and O–H groups in total. The number of rotatable bonds is 4. The van der Waals surface area contributed by atoms with Crippen LogP contribution in [0.5, 0.6) is 11.5 Å². The predicted molar refractivity (Wildman–Crippen MR) is 67.4 cm³/mol. The van der Waals surface area contributed by atoms with E-state index in [4.69, 9.17) is 26.8 Å². The van der Waals surface area contributed by atoms with Crippen molar-refractivity contribution in [3.05, 3.63) is 28.3 Å². The molecular weight excluding hydrogens is 226 g/mol. The maximum absolute atomic E-state index is 6.19. The average Bonchev–Trinajstić information content (AvgIpc) is 2.30. The van der Waals surface area contributed by atoms with Crippen molar-refractivity contribution in [2.24, 2.45) is 5.73 Å². The fraction of sp³-hybridized carbons (Fsp3) is 0.333. The van der Waals surface area contributed by atoms with Crippen LogP contribution in [0.2, 0.25) is 5.02 Å². The first-order chi connectivity index (χ1) is 7.65. The molecule has 0 aliphatic heterocycles. The molecular formula is C12H16ClNO2. The third kappa shape index (κ3) is 2.49. The van der Waals surface area contributed by atoms with E-state index in [1.807, 2.05) is 25.1 Å². The molecule has 0 fully saturated rings. The van der Waals surface area contributed by atoms with Crippen LogP contribution in [0.4, 0.5) is 0 Å². The average molecular weight is 242 g/mol. The molecule has 0 saturated heterocycles. The van der Waals surface area contributed by atoms with E-state index in [-0.39, 0.29) is 0 Å². The lowest BCUT2D eigenvalue weighted by molar-refractivity contribution is 0.400. The van der Waals surface area contributed by atoms with Crippen molar-refractivity contribution < 1.29 is 9.47 Å². The molecule has 0 saturated carbocycles. The summed E-state index contributed by atoms with van der Waals surface area (Å²) in [6.07, 6.45) is 3.70. The molecule has 0 radical (unpaired) electrons. The normalized spacial score (nSPS) is 10.8. The fourth-order valence-corrected chi connectivity index (χ4v) is 1.74. The molecule has 1 aromatic rings. The minimum atomic E-state index is 0.469. The Morgan fingerprint density at radius 1 is 1.38 bits per heavy atom. The van der Waals surface area contributed by atoms with Crippen LogP contribution in [0.1, 0.15) is 11.1 Å². The lowest BCUT2D eigenvalue weighted by Gasteiger charge is -2.13. The van der Waals surface area contributed by atoms with Crippen LogP contribution in [0.25, 0.3) is 6.08 Å². The smallest absolute Gasteiger partial charge is 0.145 e. The number of benzene rings is 1. The van der Waals surface area contributed by atoms with Gasteiger partial charge < -0.3 is 15.2 Å². The Morgan fingerprint density at radius 2 is 2.06 bits per heavy atom. The first kappa shape index (κ1) is 12.9. The van der Waals surface area contributed by atoms with Crippen LogP contribution in [-0.2, 0) is 0 Å². The van der Waals surface area contributed by atoms with Gasteiger partial charge in [-0.15, -0.1) is 0 Å². The maximum atomic E-state index is 6.19. The minimum absolute atomic E-state index is 0.469. The molecule has 0 aliphatic rings. The molecule has 88 valence electrons. The molecule has 0 unspecified atom stereocenters. The van der Waals surface area contributed by atoms with E-state index in [1.165, 1.54) is 0 Å². The summed E-state index contributed by atoms with van der Waals surface area (Å²) in [4.78, 5) is 0. The van der Waals surface area contributed by atoms with Crippen molar-refractivity contribution in [1.29, 1.82) is 0 Å². The van der Waals surface area contributed by atoms with Gasteiger partial charge in [0.2, 0.25) is 0 Å². The van der Waals surface area contributed by atoms with Gasteiger partial charge in [-0.05, 0) is 13.0 Å². The van der Waals surface area contributed by atoms with E-state index < -0.39 is 0 Å². The molecule has 16 heavy (non-hydrogen) atoms. The van der Waals surface area contributed by atoms with Crippen LogP contribution >= 0.6 is 11.6 Å².